The van der Waals surface area contributed by atoms with Gasteiger partial charge in [-0.25, -0.2) is 0 Å². The number of ether oxygens (including phenoxy) is 2. The number of rotatable bonds is 5. The number of nitrogens with zero attached hydrogens (tertiary/aromatic N) is 3. The van der Waals surface area contributed by atoms with E-state index in [0.717, 1.165) is 23.5 Å². The Balaban J connectivity index is 1.43. The maximum atomic E-state index is 12.9. The van der Waals surface area contributed by atoms with Crippen LogP contribution in [0.3, 0.4) is 0 Å². The molecule has 2 heterocycles. The first-order valence-corrected chi connectivity index (χ1v) is 8.81. The molecule has 25 heavy (non-hydrogen) atoms. The number of carbonyl (C=O) groups is 1. The Kier molecular flexibility index (Phi) is 4.11. The van der Waals surface area contributed by atoms with Crippen molar-refractivity contribution in [2.75, 3.05) is 19.8 Å². The Hall–Kier alpha value is -2.50. The zero-order valence-corrected chi connectivity index (χ0v) is 14.6. The van der Waals surface area contributed by atoms with Crippen molar-refractivity contribution >= 4 is 5.91 Å². The fourth-order valence-electron chi connectivity index (χ4n) is 3.48. The molecule has 0 bridgehead atoms. The van der Waals surface area contributed by atoms with Crippen LogP contribution >= 0.6 is 0 Å². The van der Waals surface area contributed by atoms with Crippen molar-refractivity contribution in [1.29, 1.82) is 0 Å². The van der Waals surface area contributed by atoms with Crippen molar-refractivity contribution in [2.45, 2.75) is 25.8 Å². The van der Waals surface area contributed by atoms with Crippen LogP contribution in [-0.4, -0.2) is 40.3 Å². The Labute approximate surface area is 147 Å². The highest BCUT2D eigenvalue weighted by atomic mass is 16.6. The average molecular weight is 341 g/mol. The average Bonchev–Trinajstić information content (AvgIpc) is 3.34. The van der Waals surface area contributed by atoms with E-state index in [1.54, 1.807) is 4.68 Å². The van der Waals surface area contributed by atoms with Crippen LogP contribution in [0.2, 0.25) is 0 Å². The normalized spacial score (nSPS) is 21.0. The third-order valence-electron chi connectivity index (χ3n) is 4.93. The second-order valence-electron chi connectivity index (χ2n) is 6.73. The Morgan fingerprint density at radius 2 is 2.12 bits per heavy atom. The van der Waals surface area contributed by atoms with Crippen LogP contribution in [0.4, 0.5) is 0 Å². The second-order valence-corrected chi connectivity index (χ2v) is 6.73. The van der Waals surface area contributed by atoms with Crippen molar-refractivity contribution < 1.29 is 14.3 Å². The topological polar surface area (TPSA) is 56.6 Å². The van der Waals surface area contributed by atoms with Crippen LogP contribution in [0, 0.1) is 5.92 Å². The first-order chi connectivity index (χ1) is 12.2. The van der Waals surface area contributed by atoms with E-state index in [1.807, 2.05) is 43.4 Å². The zero-order chi connectivity index (χ0) is 17.4. The highest BCUT2D eigenvalue weighted by Crippen LogP contribution is 2.50. The van der Waals surface area contributed by atoms with Gasteiger partial charge < -0.3 is 14.4 Å². The summed E-state index contributed by atoms with van der Waals surface area (Å²) in [5, 5.41) is 4.18. The van der Waals surface area contributed by atoms with Crippen LogP contribution in [0.15, 0.2) is 30.6 Å². The van der Waals surface area contributed by atoms with Gasteiger partial charge in [-0.3, -0.25) is 9.48 Å². The lowest BCUT2D eigenvalue weighted by molar-refractivity contribution is -0.133. The minimum Gasteiger partial charge on any atom is -0.486 e. The summed E-state index contributed by atoms with van der Waals surface area (Å²) < 4.78 is 13.0. The van der Waals surface area contributed by atoms with E-state index in [0.29, 0.717) is 26.3 Å². The molecule has 4 rings (SSSR count). The lowest BCUT2D eigenvalue weighted by atomic mass is 10.1. The fraction of sp³-hybridized carbons (Fsp3) is 0.474. The number of carbonyl (C=O) groups excluding carboxylic acids is 1. The van der Waals surface area contributed by atoms with Gasteiger partial charge >= 0.3 is 0 Å². The minimum atomic E-state index is 0.0687. The number of fused-ring (bicyclic) bond motifs is 1. The van der Waals surface area contributed by atoms with Crippen LogP contribution in [0.1, 0.15) is 30.4 Å². The molecule has 2 aromatic rings. The molecule has 1 fully saturated rings. The number of aryl methyl sites for hydroxylation is 1. The van der Waals surface area contributed by atoms with Gasteiger partial charge in [0.25, 0.3) is 0 Å². The van der Waals surface area contributed by atoms with Gasteiger partial charge in [0.15, 0.2) is 11.5 Å². The van der Waals surface area contributed by atoms with Gasteiger partial charge in [-0.15, -0.1) is 0 Å². The molecule has 1 aromatic heterocycles. The SMILES string of the molecule is CCN(Cc1cnn(C)c1)C(=O)C1CC1c1ccc2c(c1)OCCO2. The van der Waals surface area contributed by atoms with E-state index >= 15 is 0 Å². The summed E-state index contributed by atoms with van der Waals surface area (Å²) in [5.74, 6) is 2.17. The van der Waals surface area contributed by atoms with Gasteiger partial charge in [0.2, 0.25) is 5.91 Å². The smallest absolute Gasteiger partial charge is 0.226 e. The molecule has 0 spiro atoms. The van der Waals surface area contributed by atoms with Gasteiger partial charge in [0, 0.05) is 37.8 Å². The molecule has 1 aliphatic carbocycles. The Bertz CT molecular complexity index is 786. The number of hydrogen-bond donors (Lipinski definition) is 0. The fourth-order valence-corrected chi connectivity index (χ4v) is 3.48. The van der Waals surface area contributed by atoms with E-state index in [9.17, 15) is 4.79 Å². The summed E-state index contributed by atoms with van der Waals surface area (Å²) in [7, 11) is 1.89. The van der Waals surface area contributed by atoms with Gasteiger partial charge in [-0.05, 0) is 37.0 Å². The van der Waals surface area contributed by atoms with Crippen molar-refractivity contribution in [1.82, 2.24) is 14.7 Å². The molecule has 1 saturated carbocycles. The van der Waals surface area contributed by atoms with Gasteiger partial charge in [0.05, 0.1) is 6.20 Å². The third-order valence-corrected chi connectivity index (χ3v) is 4.93. The monoisotopic (exact) mass is 341 g/mol. The zero-order valence-electron chi connectivity index (χ0n) is 14.6. The van der Waals surface area contributed by atoms with Crippen molar-refractivity contribution in [3.63, 3.8) is 0 Å². The van der Waals surface area contributed by atoms with Crippen LogP contribution in [0.25, 0.3) is 0 Å². The molecule has 6 nitrogen and oxygen atoms in total. The maximum Gasteiger partial charge on any atom is 0.226 e. The van der Waals surface area contributed by atoms with E-state index in [-0.39, 0.29) is 17.7 Å². The quantitative estimate of drug-likeness (QED) is 0.838. The highest BCUT2D eigenvalue weighted by molar-refractivity contribution is 5.83. The van der Waals surface area contributed by atoms with Crippen molar-refractivity contribution in [2.24, 2.45) is 13.0 Å². The number of benzene rings is 1. The second kappa shape index (κ2) is 6.43. The summed E-state index contributed by atoms with van der Waals surface area (Å²) in [4.78, 5) is 14.8. The standard InChI is InChI=1S/C19H23N3O3/c1-3-22(12-13-10-20-21(2)11-13)19(23)16-9-15(16)14-4-5-17-18(8-14)25-7-6-24-17/h4-5,8,10-11,15-16H,3,6-7,9,12H2,1-2H3. The molecule has 1 aliphatic heterocycles. The summed E-state index contributed by atoms with van der Waals surface area (Å²) in [6.45, 7) is 4.52. The predicted molar refractivity (Wildman–Crippen MR) is 92.6 cm³/mol. The summed E-state index contributed by atoms with van der Waals surface area (Å²) in [5.41, 5.74) is 2.23. The maximum absolute atomic E-state index is 12.9. The van der Waals surface area contributed by atoms with Gasteiger partial charge in [-0.1, -0.05) is 6.07 Å². The lowest BCUT2D eigenvalue weighted by Crippen LogP contribution is -2.31. The highest BCUT2D eigenvalue weighted by Gasteiger charge is 2.45. The van der Waals surface area contributed by atoms with Gasteiger partial charge in [0.1, 0.15) is 13.2 Å². The Morgan fingerprint density at radius 1 is 1.32 bits per heavy atom. The summed E-state index contributed by atoms with van der Waals surface area (Å²) in [6, 6.07) is 6.05. The Morgan fingerprint density at radius 3 is 2.84 bits per heavy atom. The summed E-state index contributed by atoms with van der Waals surface area (Å²) in [6.07, 6.45) is 4.68. The number of amides is 1. The molecule has 1 amide bonds. The predicted octanol–water partition coefficient (Wildman–Crippen LogP) is 2.34. The third kappa shape index (κ3) is 3.21. The molecule has 2 atom stereocenters. The molecule has 6 heteroatoms. The van der Waals surface area contributed by atoms with Crippen LogP contribution < -0.4 is 9.47 Å². The van der Waals surface area contributed by atoms with Crippen LogP contribution in [0.5, 0.6) is 11.5 Å². The lowest BCUT2D eigenvalue weighted by Gasteiger charge is -2.21. The van der Waals surface area contributed by atoms with Crippen LogP contribution in [-0.2, 0) is 18.4 Å². The summed E-state index contributed by atoms with van der Waals surface area (Å²) >= 11 is 0. The molecule has 0 N–H and O–H groups in total. The van der Waals surface area contributed by atoms with E-state index in [4.69, 9.17) is 9.47 Å². The van der Waals surface area contributed by atoms with E-state index < -0.39 is 0 Å². The van der Waals surface area contributed by atoms with E-state index in [1.165, 1.54) is 5.56 Å². The largest absolute Gasteiger partial charge is 0.486 e. The molecule has 132 valence electrons. The molecular weight excluding hydrogens is 318 g/mol. The first kappa shape index (κ1) is 16.0. The molecule has 0 radical (unpaired) electrons. The van der Waals surface area contributed by atoms with Crippen molar-refractivity contribution in [3.8, 4) is 11.5 Å². The minimum absolute atomic E-state index is 0.0687. The van der Waals surface area contributed by atoms with Gasteiger partial charge in [-0.2, -0.15) is 5.10 Å². The molecular formula is C19H23N3O3. The number of hydrogen-bond acceptors (Lipinski definition) is 4. The molecule has 1 aromatic carbocycles. The first-order valence-electron chi connectivity index (χ1n) is 8.81. The van der Waals surface area contributed by atoms with E-state index in [2.05, 4.69) is 11.2 Å². The molecule has 0 saturated heterocycles. The van der Waals surface area contributed by atoms with Crippen molar-refractivity contribution in [3.05, 3.63) is 41.7 Å². The molecule has 2 aliphatic rings. The molecule has 2 unspecified atom stereocenters. The number of aromatic nitrogens is 2.